The average molecular weight is 304 g/mol. The molecule has 1 aliphatic carbocycles. The highest BCUT2D eigenvalue weighted by atomic mass is 16.1. The van der Waals surface area contributed by atoms with E-state index in [1.54, 1.807) is 13.0 Å². The van der Waals surface area contributed by atoms with Gasteiger partial charge in [0.05, 0.1) is 5.54 Å². The molecule has 1 heterocycles. The first-order valence-electron chi connectivity index (χ1n) is 8.13. The van der Waals surface area contributed by atoms with Crippen molar-refractivity contribution in [2.24, 2.45) is 11.3 Å². The van der Waals surface area contributed by atoms with Gasteiger partial charge in [0.2, 0.25) is 11.5 Å². The van der Waals surface area contributed by atoms with E-state index in [0.717, 1.165) is 36.9 Å². The third kappa shape index (κ3) is 3.42. The number of H-pyrrole nitrogens is 1. The van der Waals surface area contributed by atoms with Crippen LogP contribution in [0.1, 0.15) is 64.6 Å². The fourth-order valence-electron chi connectivity index (χ4n) is 3.87. The maximum Gasteiger partial charge on any atom is 0.248 e. The van der Waals surface area contributed by atoms with E-state index in [-0.39, 0.29) is 17.0 Å². The van der Waals surface area contributed by atoms with Crippen molar-refractivity contribution >= 4 is 5.91 Å². The molecule has 4 heteroatoms. The lowest BCUT2D eigenvalue weighted by atomic mass is 9.65. The highest BCUT2D eigenvalue weighted by Crippen LogP contribution is 2.45. The van der Waals surface area contributed by atoms with Gasteiger partial charge < -0.3 is 10.3 Å². The zero-order valence-electron chi connectivity index (χ0n) is 14.4. The second-order valence-corrected chi connectivity index (χ2v) is 7.76. The average Bonchev–Trinajstić information content (AvgIpc) is 2.36. The SMILES string of the molecule is CC(=O)N[C@]1(c2ccc(=O)[nH]c2C)CC[C@H](C(C)(C)C)CC1. The largest absolute Gasteiger partial charge is 0.347 e. The molecule has 1 saturated carbocycles. The molecule has 0 atom stereocenters. The molecule has 2 rings (SSSR count). The van der Waals surface area contributed by atoms with Crippen LogP contribution >= 0.6 is 0 Å². The van der Waals surface area contributed by atoms with E-state index in [1.165, 1.54) is 0 Å². The summed E-state index contributed by atoms with van der Waals surface area (Å²) in [6, 6.07) is 3.43. The van der Waals surface area contributed by atoms with Gasteiger partial charge in [0, 0.05) is 18.7 Å². The number of pyridine rings is 1. The molecule has 0 radical (unpaired) electrons. The summed E-state index contributed by atoms with van der Waals surface area (Å²) in [6.07, 6.45) is 4.01. The summed E-state index contributed by atoms with van der Waals surface area (Å²) in [5, 5.41) is 3.18. The van der Waals surface area contributed by atoms with Gasteiger partial charge in [0.1, 0.15) is 0 Å². The van der Waals surface area contributed by atoms with E-state index < -0.39 is 0 Å². The number of aromatic nitrogens is 1. The summed E-state index contributed by atoms with van der Waals surface area (Å²) in [5.74, 6) is 0.650. The third-order valence-corrected chi connectivity index (χ3v) is 5.11. The number of aromatic amines is 1. The number of hydrogen-bond acceptors (Lipinski definition) is 2. The van der Waals surface area contributed by atoms with Crippen molar-refractivity contribution < 1.29 is 4.79 Å². The molecule has 22 heavy (non-hydrogen) atoms. The third-order valence-electron chi connectivity index (χ3n) is 5.11. The zero-order chi connectivity index (χ0) is 16.5. The summed E-state index contributed by atoms with van der Waals surface area (Å²) < 4.78 is 0. The van der Waals surface area contributed by atoms with E-state index in [1.807, 2.05) is 13.0 Å². The van der Waals surface area contributed by atoms with Gasteiger partial charge in [-0.05, 0) is 55.6 Å². The summed E-state index contributed by atoms with van der Waals surface area (Å²) in [4.78, 5) is 26.1. The van der Waals surface area contributed by atoms with Crippen LogP contribution in [0.2, 0.25) is 0 Å². The van der Waals surface area contributed by atoms with Crippen LogP contribution in [-0.2, 0) is 10.3 Å². The summed E-state index contributed by atoms with van der Waals surface area (Å²) in [6.45, 7) is 10.3. The van der Waals surface area contributed by atoms with Gasteiger partial charge in [0.25, 0.3) is 0 Å². The minimum absolute atomic E-state index is 0.0141. The second kappa shape index (κ2) is 5.90. The number of carbonyl (C=O) groups excluding carboxylic acids is 1. The first-order valence-corrected chi connectivity index (χ1v) is 8.13. The van der Waals surface area contributed by atoms with Crippen LogP contribution in [0.3, 0.4) is 0 Å². The summed E-state index contributed by atoms with van der Waals surface area (Å²) in [7, 11) is 0. The van der Waals surface area contributed by atoms with Gasteiger partial charge in [-0.2, -0.15) is 0 Å². The van der Waals surface area contributed by atoms with Crippen molar-refractivity contribution in [2.45, 2.75) is 65.8 Å². The van der Waals surface area contributed by atoms with E-state index in [0.29, 0.717) is 11.3 Å². The van der Waals surface area contributed by atoms with Crippen molar-refractivity contribution in [3.63, 3.8) is 0 Å². The molecule has 0 bridgehead atoms. The molecule has 0 saturated heterocycles. The van der Waals surface area contributed by atoms with Crippen LogP contribution in [0.5, 0.6) is 0 Å². The molecule has 1 aromatic heterocycles. The Balaban J connectivity index is 2.35. The van der Waals surface area contributed by atoms with Crippen molar-refractivity contribution in [1.82, 2.24) is 10.3 Å². The standard InChI is InChI=1S/C18H28N2O2/c1-12-15(6-7-16(22)19-12)18(20-13(2)21)10-8-14(9-11-18)17(3,4)5/h6-7,14H,8-11H2,1-5H3,(H,19,22)(H,20,21)/t14-,18+. The van der Waals surface area contributed by atoms with Crippen LogP contribution in [0.4, 0.5) is 0 Å². The Labute approximate surface area is 132 Å². The normalized spacial score (nSPS) is 25.8. The summed E-state index contributed by atoms with van der Waals surface area (Å²) in [5.41, 5.74) is 1.76. The predicted octanol–water partition coefficient (Wildman–Crippen LogP) is 3.25. The van der Waals surface area contributed by atoms with Crippen molar-refractivity contribution in [3.05, 3.63) is 33.7 Å². The molecule has 122 valence electrons. The minimum atomic E-state index is -0.345. The lowest BCUT2D eigenvalue weighted by Gasteiger charge is -2.45. The van der Waals surface area contributed by atoms with Crippen molar-refractivity contribution in [2.75, 3.05) is 0 Å². The molecular formula is C18H28N2O2. The lowest BCUT2D eigenvalue weighted by Crippen LogP contribution is -2.49. The maximum absolute atomic E-state index is 11.8. The maximum atomic E-state index is 11.8. The minimum Gasteiger partial charge on any atom is -0.347 e. The van der Waals surface area contributed by atoms with Crippen LogP contribution in [-0.4, -0.2) is 10.9 Å². The van der Waals surface area contributed by atoms with E-state index in [2.05, 4.69) is 31.1 Å². The number of nitrogens with one attached hydrogen (secondary N) is 2. The number of amides is 1. The van der Waals surface area contributed by atoms with Gasteiger partial charge in [-0.15, -0.1) is 0 Å². The Morgan fingerprint density at radius 2 is 1.86 bits per heavy atom. The van der Waals surface area contributed by atoms with Gasteiger partial charge >= 0.3 is 0 Å². The van der Waals surface area contributed by atoms with Gasteiger partial charge in [-0.25, -0.2) is 0 Å². The van der Waals surface area contributed by atoms with E-state index in [4.69, 9.17) is 0 Å². The Bertz CT molecular complexity index is 602. The number of carbonyl (C=O) groups is 1. The molecule has 0 unspecified atom stereocenters. The first kappa shape index (κ1) is 16.8. The first-order chi connectivity index (χ1) is 10.1. The Hall–Kier alpha value is -1.58. The molecule has 1 aliphatic rings. The number of rotatable bonds is 2. The van der Waals surface area contributed by atoms with Crippen LogP contribution in [0.25, 0.3) is 0 Å². The second-order valence-electron chi connectivity index (χ2n) is 7.76. The number of hydrogen-bond donors (Lipinski definition) is 2. The Morgan fingerprint density at radius 3 is 2.32 bits per heavy atom. The monoisotopic (exact) mass is 304 g/mol. The molecular weight excluding hydrogens is 276 g/mol. The molecule has 2 N–H and O–H groups in total. The molecule has 0 spiro atoms. The highest BCUT2D eigenvalue weighted by Gasteiger charge is 2.41. The van der Waals surface area contributed by atoms with Crippen LogP contribution in [0.15, 0.2) is 16.9 Å². The highest BCUT2D eigenvalue weighted by molar-refractivity contribution is 5.74. The number of aryl methyl sites for hydroxylation is 1. The van der Waals surface area contributed by atoms with Gasteiger partial charge in [0.15, 0.2) is 0 Å². The molecule has 0 aromatic carbocycles. The lowest BCUT2D eigenvalue weighted by molar-refractivity contribution is -0.121. The molecule has 0 aliphatic heterocycles. The van der Waals surface area contributed by atoms with Crippen LogP contribution < -0.4 is 10.9 Å². The predicted molar refractivity (Wildman–Crippen MR) is 88.7 cm³/mol. The Kier molecular flexibility index (Phi) is 4.50. The van der Waals surface area contributed by atoms with E-state index in [9.17, 15) is 9.59 Å². The fourth-order valence-corrected chi connectivity index (χ4v) is 3.87. The Morgan fingerprint density at radius 1 is 1.27 bits per heavy atom. The molecule has 1 aromatic rings. The van der Waals surface area contributed by atoms with Gasteiger partial charge in [-0.3, -0.25) is 9.59 Å². The van der Waals surface area contributed by atoms with E-state index >= 15 is 0 Å². The molecule has 1 fully saturated rings. The van der Waals surface area contributed by atoms with Gasteiger partial charge in [-0.1, -0.05) is 20.8 Å². The van der Waals surface area contributed by atoms with Crippen molar-refractivity contribution in [1.29, 1.82) is 0 Å². The zero-order valence-corrected chi connectivity index (χ0v) is 14.4. The smallest absolute Gasteiger partial charge is 0.248 e. The summed E-state index contributed by atoms with van der Waals surface area (Å²) >= 11 is 0. The van der Waals surface area contributed by atoms with Crippen LogP contribution in [0, 0.1) is 18.3 Å². The molecule has 1 amide bonds. The quantitative estimate of drug-likeness (QED) is 0.881. The molecule has 4 nitrogen and oxygen atoms in total. The fraction of sp³-hybridized carbons (Fsp3) is 0.667. The topological polar surface area (TPSA) is 62.0 Å². The van der Waals surface area contributed by atoms with Crippen molar-refractivity contribution in [3.8, 4) is 0 Å².